The van der Waals surface area contributed by atoms with Crippen LogP contribution in [0.15, 0.2) is 12.1 Å². The minimum absolute atomic E-state index is 0.173. The summed E-state index contributed by atoms with van der Waals surface area (Å²) in [5.74, 6) is -1.57. The van der Waals surface area contributed by atoms with E-state index in [-0.39, 0.29) is 17.0 Å². The number of hydrogen-bond donors (Lipinski definition) is 3. The summed E-state index contributed by atoms with van der Waals surface area (Å²) in [4.78, 5) is 21.2. The number of hydrogen-bond acceptors (Lipinski definition) is 6. The van der Waals surface area contributed by atoms with Crippen LogP contribution < -0.4 is 15.8 Å². The molecule has 0 unspecified atom stereocenters. The fraction of sp³-hybridized carbons (Fsp3) is 0.300. The van der Waals surface area contributed by atoms with Crippen molar-refractivity contribution in [2.75, 3.05) is 25.5 Å². The molecule has 4 N–H and O–H groups in total. The highest BCUT2D eigenvalue weighted by Gasteiger charge is 2.26. The molecule has 1 rings (SSSR count). The fourth-order valence-electron chi connectivity index (χ4n) is 1.48. The highest BCUT2D eigenvalue weighted by molar-refractivity contribution is 5.94. The third-order valence-electron chi connectivity index (χ3n) is 2.21. The van der Waals surface area contributed by atoms with Crippen LogP contribution in [0.3, 0.4) is 0 Å². The van der Waals surface area contributed by atoms with Gasteiger partial charge in [0.1, 0.15) is 11.3 Å². The monoisotopic (exact) mass is 255 g/mol. The standard InChI is InChI=1S/C10H13N3O5/c1-18-9-6(10(14)15)2-3-7(12-5-4-11)8(9)13(16)17/h2-3,12H,4-5,11H2,1H3,(H,14,15). The summed E-state index contributed by atoms with van der Waals surface area (Å²) in [5.41, 5.74) is 4.79. The SMILES string of the molecule is COc1c(C(=O)O)ccc(NCCN)c1[N+](=O)[O-]. The van der Waals surface area contributed by atoms with Crippen molar-refractivity contribution < 1.29 is 19.6 Å². The van der Waals surface area contributed by atoms with E-state index in [2.05, 4.69) is 5.32 Å². The lowest BCUT2D eigenvalue weighted by atomic mass is 10.1. The van der Waals surface area contributed by atoms with E-state index in [1.165, 1.54) is 19.2 Å². The second kappa shape index (κ2) is 5.82. The molecule has 0 spiro atoms. The number of nitro groups is 1. The molecule has 0 aliphatic heterocycles. The van der Waals surface area contributed by atoms with Crippen LogP contribution in [0.5, 0.6) is 5.75 Å². The number of nitrogens with one attached hydrogen (secondary N) is 1. The van der Waals surface area contributed by atoms with Gasteiger partial charge in [-0.05, 0) is 12.1 Å². The van der Waals surface area contributed by atoms with Crippen molar-refractivity contribution in [3.8, 4) is 5.75 Å². The van der Waals surface area contributed by atoms with Gasteiger partial charge in [-0.2, -0.15) is 0 Å². The minimum atomic E-state index is -1.29. The van der Waals surface area contributed by atoms with E-state index in [9.17, 15) is 14.9 Å². The predicted molar refractivity (Wildman–Crippen MR) is 64.2 cm³/mol. The Morgan fingerprint density at radius 2 is 2.28 bits per heavy atom. The van der Waals surface area contributed by atoms with Crippen LogP contribution in [0.2, 0.25) is 0 Å². The minimum Gasteiger partial charge on any atom is -0.489 e. The molecule has 0 heterocycles. The van der Waals surface area contributed by atoms with Crippen LogP contribution in [0.25, 0.3) is 0 Å². The first-order chi connectivity index (χ1) is 8.52. The fourth-order valence-corrected chi connectivity index (χ4v) is 1.48. The van der Waals surface area contributed by atoms with Crippen molar-refractivity contribution in [2.45, 2.75) is 0 Å². The Morgan fingerprint density at radius 1 is 1.61 bits per heavy atom. The molecule has 0 fully saturated rings. The maximum Gasteiger partial charge on any atom is 0.339 e. The van der Waals surface area contributed by atoms with E-state index in [1.807, 2.05) is 0 Å². The van der Waals surface area contributed by atoms with Gasteiger partial charge in [-0.25, -0.2) is 4.79 Å². The highest BCUT2D eigenvalue weighted by atomic mass is 16.6. The van der Waals surface area contributed by atoms with E-state index in [1.54, 1.807) is 0 Å². The quantitative estimate of drug-likeness (QED) is 0.503. The number of methoxy groups -OCH3 is 1. The summed E-state index contributed by atoms with van der Waals surface area (Å²) in [5, 5.41) is 22.7. The number of benzene rings is 1. The Balaban J connectivity index is 3.38. The zero-order valence-corrected chi connectivity index (χ0v) is 9.67. The van der Waals surface area contributed by atoms with Gasteiger partial charge in [-0.15, -0.1) is 0 Å². The van der Waals surface area contributed by atoms with Crippen molar-refractivity contribution in [1.29, 1.82) is 0 Å². The molecular formula is C10H13N3O5. The Kier molecular flexibility index (Phi) is 4.44. The molecular weight excluding hydrogens is 242 g/mol. The zero-order chi connectivity index (χ0) is 13.7. The van der Waals surface area contributed by atoms with Crippen molar-refractivity contribution >= 4 is 17.3 Å². The second-order valence-electron chi connectivity index (χ2n) is 3.32. The Labute approximate surface area is 103 Å². The lowest BCUT2D eigenvalue weighted by Gasteiger charge is -2.10. The van der Waals surface area contributed by atoms with Gasteiger partial charge in [0.05, 0.1) is 12.0 Å². The van der Waals surface area contributed by atoms with Crippen molar-refractivity contribution in [1.82, 2.24) is 0 Å². The normalized spacial score (nSPS) is 9.89. The lowest BCUT2D eigenvalue weighted by molar-refractivity contribution is -0.384. The molecule has 18 heavy (non-hydrogen) atoms. The number of rotatable bonds is 6. The van der Waals surface area contributed by atoms with Gasteiger partial charge >= 0.3 is 11.7 Å². The van der Waals surface area contributed by atoms with Crippen LogP contribution in [-0.2, 0) is 0 Å². The molecule has 0 bridgehead atoms. The van der Waals surface area contributed by atoms with Crippen LogP contribution in [0, 0.1) is 10.1 Å². The number of nitrogens with zero attached hydrogens (tertiary/aromatic N) is 1. The third-order valence-corrected chi connectivity index (χ3v) is 2.21. The maximum absolute atomic E-state index is 11.0. The second-order valence-corrected chi connectivity index (χ2v) is 3.32. The van der Waals surface area contributed by atoms with Gasteiger partial charge in [0.15, 0.2) is 0 Å². The molecule has 0 saturated heterocycles. The van der Waals surface area contributed by atoms with Crippen LogP contribution >= 0.6 is 0 Å². The van der Waals surface area contributed by atoms with Gasteiger partial charge in [0, 0.05) is 13.1 Å². The van der Waals surface area contributed by atoms with Gasteiger partial charge in [0.25, 0.3) is 0 Å². The molecule has 0 atom stereocenters. The number of aromatic carboxylic acids is 1. The summed E-state index contributed by atoms with van der Waals surface area (Å²) >= 11 is 0. The van der Waals surface area contributed by atoms with Crippen molar-refractivity contribution in [2.24, 2.45) is 5.73 Å². The van der Waals surface area contributed by atoms with Gasteiger partial charge in [-0.1, -0.05) is 0 Å². The van der Waals surface area contributed by atoms with Crippen LogP contribution in [0.1, 0.15) is 10.4 Å². The highest BCUT2D eigenvalue weighted by Crippen LogP contribution is 2.37. The molecule has 0 radical (unpaired) electrons. The van der Waals surface area contributed by atoms with E-state index < -0.39 is 16.6 Å². The van der Waals surface area contributed by atoms with Gasteiger partial charge < -0.3 is 20.9 Å². The topological polar surface area (TPSA) is 128 Å². The van der Waals surface area contributed by atoms with Gasteiger partial charge in [0.2, 0.25) is 5.75 Å². The van der Waals surface area contributed by atoms with E-state index >= 15 is 0 Å². The average molecular weight is 255 g/mol. The zero-order valence-electron chi connectivity index (χ0n) is 9.67. The first kappa shape index (κ1) is 13.7. The van der Waals surface area contributed by atoms with E-state index in [0.29, 0.717) is 13.1 Å². The molecule has 0 amide bonds. The Morgan fingerprint density at radius 3 is 2.72 bits per heavy atom. The predicted octanol–water partition coefficient (Wildman–Crippen LogP) is 0.672. The smallest absolute Gasteiger partial charge is 0.339 e. The summed E-state index contributed by atoms with van der Waals surface area (Å²) in [6.45, 7) is 0.622. The molecule has 0 aliphatic carbocycles. The molecule has 0 aromatic heterocycles. The molecule has 0 aliphatic rings. The van der Waals surface area contributed by atoms with Crippen LogP contribution in [0.4, 0.5) is 11.4 Å². The number of carbonyl (C=O) groups is 1. The molecule has 0 saturated carbocycles. The molecule has 1 aromatic rings. The molecule has 8 heteroatoms. The summed E-state index contributed by atoms with van der Waals surface area (Å²) < 4.78 is 4.83. The number of carboxylic acid groups (broad SMARTS) is 1. The molecule has 98 valence electrons. The van der Waals surface area contributed by atoms with Crippen LogP contribution in [-0.4, -0.2) is 36.2 Å². The van der Waals surface area contributed by atoms with E-state index in [0.717, 1.165) is 0 Å². The average Bonchev–Trinajstić information content (AvgIpc) is 2.34. The third kappa shape index (κ3) is 2.66. The van der Waals surface area contributed by atoms with Crippen molar-refractivity contribution in [3.63, 3.8) is 0 Å². The molecule has 8 nitrogen and oxygen atoms in total. The first-order valence-electron chi connectivity index (χ1n) is 5.05. The summed E-state index contributed by atoms with van der Waals surface area (Å²) in [6, 6.07) is 2.56. The summed E-state index contributed by atoms with van der Waals surface area (Å²) in [7, 11) is 1.18. The largest absolute Gasteiger partial charge is 0.489 e. The van der Waals surface area contributed by atoms with Crippen molar-refractivity contribution in [3.05, 3.63) is 27.8 Å². The Bertz CT molecular complexity index is 475. The number of nitro benzene ring substituents is 1. The number of anilines is 1. The van der Waals surface area contributed by atoms with E-state index in [4.69, 9.17) is 15.6 Å². The number of carboxylic acids is 1. The Hall–Kier alpha value is -2.35. The number of nitrogens with two attached hydrogens (primary N) is 1. The molecule has 1 aromatic carbocycles. The van der Waals surface area contributed by atoms with Gasteiger partial charge in [-0.3, -0.25) is 10.1 Å². The lowest BCUT2D eigenvalue weighted by Crippen LogP contribution is -2.15. The first-order valence-corrected chi connectivity index (χ1v) is 5.05. The number of ether oxygens (including phenoxy) is 1. The summed E-state index contributed by atoms with van der Waals surface area (Å²) in [6.07, 6.45) is 0. The maximum atomic E-state index is 11.0.